The quantitative estimate of drug-likeness (QED) is 0.654. The summed E-state index contributed by atoms with van der Waals surface area (Å²) in [6.07, 6.45) is 3.66. The highest BCUT2D eigenvalue weighted by atomic mass is 16.7. The van der Waals surface area contributed by atoms with Crippen LogP contribution < -0.4 is 0 Å². The second kappa shape index (κ2) is 5.69. The summed E-state index contributed by atoms with van der Waals surface area (Å²) in [6, 6.07) is 0. The van der Waals surface area contributed by atoms with Crippen molar-refractivity contribution in [3.63, 3.8) is 0 Å². The van der Waals surface area contributed by atoms with Gasteiger partial charge in [0.1, 0.15) is 6.10 Å². The predicted octanol–water partition coefficient (Wildman–Crippen LogP) is 2.20. The molecular formula is C11H22O3. The molecule has 0 aromatic heterocycles. The zero-order chi connectivity index (χ0) is 10.6. The van der Waals surface area contributed by atoms with Crippen molar-refractivity contribution in [3.05, 3.63) is 0 Å². The Balaban J connectivity index is 2.46. The highest BCUT2D eigenvalue weighted by molar-refractivity contribution is 4.75. The van der Waals surface area contributed by atoms with Crippen LogP contribution in [0.5, 0.6) is 0 Å². The Morgan fingerprint density at radius 2 is 1.64 bits per heavy atom. The molecule has 1 aliphatic rings. The molecule has 0 aromatic carbocycles. The molecule has 1 heterocycles. The standard InChI is InChI=1S/C11H22O3/c1-8(2)9-6-5-7-10(14-9)11(12-3)13-4/h8-11H,5-7H2,1-4H3/t9-,10-/m1/s1. The first-order chi connectivity index (χ1) is 6.69. The maximum atomic E-state index is 5.94. The van der Waals surface area contributed by atoms with Crippen LogP contribution in [-0.2, 0) is 14.2 Å². The van der Waals surface area contributed by atoms with Gasteiger partial charge in [0.2, 0.25) is 0 Å². The summed E-state index contributed by atoms with van der Waals surface area (Å²) in [5.74, 6) is 0.576. The molecule has 1 rings (SSSR count). The molecule has 0 bridgehead atoms. The molecule has 0 aliphatic carbocycles. The minimum absolute atomic E-state index is 0.103. The SMILES string of the molecule is COC(OC)[C@H]1CCC[C@H](C(C)C)O1. The van der Waals surface area contributed by atoms with Crippen LogP contribution in [0.4, 0.5) is 0 Å². The predicted molar refractivity (Wildman–Crippen MR) is 55.2 cm³/mol. The van der Waals surface area contributed by atoms with Crippen molar-refractivity contribution in [2.45, 2.75) is 51.6 Å². The first-order valence-corrected chi connectivity index (χ1v) is 5.40. The Morgan fingerprint density at radius 1 is 1.07 bits per heavy atom. The van der Waals surface area contributed by atoms with Crippen molar-refractivity contribution in [2.24, 2.45) is 5.92 Å². The van der Waals surface area contributed by atoms with Gasteiger partial charge in [0, 0.05) is 14.2 Å². The lowest BCUT2D eigenvalue weighted by Crippen LogP contribution is -2.40. The molecule has 0 saturated carbocycles. The van der Waals surface area contributed by atoms with E-state index in [1.165, 1.54) is 6.42 Å². The van der Waals surface area contributed by atoms with E-state index < -0.39 is 0 Å². The highest BCUT2D eigenvalue weighted by Crippen LogP contribution is 2.26. The third-order valence-corrected chi connectivity index (χ3v) is 2.84. The molecule has 2 atom stereocenters. The fraction of sp³-hybridized carbons (Fsp3) is 1.00. The van der Waals surface area contributed by atoms with Gasteiger partial charge in [-0.1, -0.05) is 13.8 Å². The maximum absolute atomic E-state index is 5.94. The van der Waals surface area contributed by atoms with Crippen LogP contribution in [0.15, 0.2) is 0 Å². The molecule has 3 nitrogen and oxygen atoms in total. The number of hydrogen-bond acceptors (Lipinski definition) is 3. The van der Waals surface area contributed by atoms with Crippen molar-refractivity contribution in [2.75, 3.05) is 14.2 Å². The zero-order valence-electron chi connectivity index (χ0n) is 9.66. The highest BCUT2D eigenvalue weighted by Gasteiger charge is 2.30. The van der Waals surface area contributed by atoms with Crippen LogP contribution in [0.25, 0.3) is 0 Å². The van der Waals surface area contributed by atoms with Gasteiger partial charge in [0.15, 0.2) is 6.29 Å². The van der Waals surface area contributed by atoms with Crippen molar-refractivity contribution < 1.29 is 14.2 Å². The Kier molecular flexibility index (Phi) is 4.85. The number of methoxy groups -OCH3 is 2. The van der Waals surface area contributed by atoms with E-state index in [1.807, 2.05) is 0 Å². The molecule has 3 heteroatoms. The van der Waals surface area contributed by atoms with Crippen LogP contribution in [0, 0.1) is 5.92 Å². The molecule has 0 radical (unpaired) electrons. The van der Waals surface area contributed by atoms with E-state index in [1.54, 1.807) is 14.2 Å². The first kappa shape index (κ1) is 12.0. The van der Waals surface area contributed by atoms with Crippen molar-refractivity contribution in [3.8, 4) is 0 Å². The third kappa shape index (κ3) is 2.94. The molecule has 14 heavy (non-hydrogen) atoms. The van der Waals surface area contributed by atoms with E-state index in [0.29, 0.717) is 12.0 Å². The van der Waals surface area contributed by atoms with E-state index in [2.05, 4.69) is 13.8 Å². The molecule has 1 fully saturated rings. The summed E-state index contributed by atoms with van der Waals surface area (Å²) in [5.41, 5.74) is 0. The molecule has 0 spiro atoms. The van der Waals surface area contributed by atoms with Crippen molar-refractivity contribution >= 4 is 0 Å². The average Bonchev–Trinajstić information content (AvgIpc) is 2.20. The minimum atomic E-state index is -0.212. The molecule has 0 N–H and O–H groups in total. The fourth-order valence-electron chi connectivity index (χ4n) is 1.97. The van der Waals surface area contributed by atoms with Crippen molar-refractivity contribution in [1.29, 1.82) is 0 Å². The van der Waals surface area contributed by atoms with E-state index in [0.717, 1.165) is 12.8 Å². The van der Waals surface area contributed by atoms with Gasteiger partial charge < -0.3 is 14.2 Å². The van der Waals surface area contributed by atoms with Gasteiger partial charge in [-0.15, -0.1) is 0 Å². The monoisotopic (exact) mass is 202 g/mol. The van der Waals surface area contributed by atoms with Crippen LogP contribution in [-0.4, -0.2) is 32.7 Å². The van der Waals surface area contributed by atoms with E-state index in [-0.39, 0.29) is 12.4 Å². The van der Waals surface area contributed by atoms with Gasteiger partial charge in [-0.3, -0.25) is 0 Å². The summed E-state index contributed by atoms with van der Waals surface area (Å²) < 4.78 is 16.4. The zero-order valence-corrected chi connectivity index (χ0v) is 9.66. The lowest BCUT2D eigenvalue weighted by atomic mass is 9.96. The fourth-order valence-corrected chi connectivity index (χ4v) is 1.97. The lowest BCUT2D eigenvalue weighted by Gasteiger charge is -2.35. The Morgan fingerprint density at radius 3 is 2.14 bits per heavy atom. The van der Waals surface area contributed by atoms with E-state index >= 15 is 0 Å². The van der Waals surface area contributed by atoms with Gasteiger partial charge in [-0.25, -0.2) is 0 Å². The van der Waals surface area contributed by atoms with Gasteiger partial charge in [-0.05, 0) is 25.2 Å². The van der Waals surface area contributed by atoms with Crippen LogP contribution in [0.2, 0.25) is 0 Å². The largest absolute Gasteiger partial charge is 0.369 e. The summed E-state index contributed by atoms with van der Waals surface area (Å²) in [4.78, 5) is 0. The lowest BCUT2D eigenvalue weighted by molar-refractivity contribution is -0.212. The second-order valence-corrected chi connectivity index (χ2v) is 4.23. The Bertz CT molecular complexity index is 155. The van der Waals surface area contributed by atoms with Crippen LogP contribution in [0.1, 0.15) is 33.1 Å². The van der Waals surface area contributed by atoms with Crippen LogP contribution in [0.3, 0.4) is 0 Å². The number of hydrogen-bond donors (Lipinski definition) is 0. The summed E-state index contributed by atoms with van der Waals surface area (Å²) in [5, 5.41) is 0. The topological polar surface area (TPSA) is 27.7 Å². The third-order valence-electron chi connectivity index (χ3n) is 2.84. The molecule has 0 aromatic rings. The van der Waals surface area contributed by atoms with E-state index in [9.17, 15) is 0 Å². The molecular weight excluding hydrogens is 180 g/mol. The van der Waals surface area contributed by atoms with Crippen LogP contribution >= 0.6 is 0 Å². The molecule has 0 unspecified atom stereocenters. The minimum Gasteiger partial charge on any atom is -0.369 e. The van der Waals surface area contributed by atoms with Gasteiger partial charge >= 0.3 is 0 Å². The van der Waals surface area contributed by atoms with Gasteiger partial charge in [0.05, 0.1) is 6.10 Å². The van der Waals surface area contributed by atoms with Crippen molar-refractivity contribution in [1.82, 2.24) is 0 Å². The van der Waals surface area contributed by atoms with Gasteiger partial charge in [-0.2, -0.15) is 0 Å². The molecule has 1 aliphatic heterocycles. The second-order valence-electron chi connectivity index (χ2n) is 4.23. The maximum Gasteiger partial charge on any atom is 0.183 e. The Labute approximate surface area is 86.7 Å². The smallest absolute Gasteiger partial charge is 0.183 e. The van der Waals surface area contributed by atoms with Gasteiger partial charge in [0.25, 0.3) is 0 Å². The molecule has 84 valence electrons. The molecule has 0 amide bonds. The summed E-state index contributed by atoms with van der Waals surface area (Å²) in [7, 11) is 3.33. The Hall–Kier alpha value is -0.120. The average molecular weight is 202 g/mol. The molecule has 1 saturated heterocycles. The normalized spacial score (nSPS) is 28.7. The number of ether oxygens (including phenoxy) is 3. The van der Waals surface area contributed by atoms with E-state index in [4.69, 9.17) is 14.2 Å². The summed E-state index contributed by atoms with van der Waals surface area (Å²) in [6.45, 7) is 4.39. The first-order valence-electron chi connectivity index (χ1n) is 5.40. The number of rotatable bonds is 4. The summed E-state index contributed by atoms with van der Waals surface area (Å²) >= 11 is 0.